The minimum atomic E-state index is 0.329. The molecule has 0 saturated carbocycles. The predicted octanol–water partition coefficient (Wildman–Crippen LogP) is 1.27. The molecule has 6 heteroatoms. The van der Waals surface area contributed by atoms with Crippen molar-refractivity contribution in [2.24, 2.45) is 5.92 Å². The maximum Gasteiger partial charge on any atom is 0.223 e. The number of anilines is 3. The van der Waals surface area contributed by atoms with E-state index in [1.54, 1.807) is 0 Å². The van der Waals surface area contributed by atoms with Crippen molar-refractivity contribution in [1.29, 1.82) is 0 Å². The van der Waals surface area contributed by atoms with Gasteiger partial charge in [-0.2, -0.15) is 9.97 Å². The van der Waals surface area contributed by atoms with Gasteiger partial charge in [0.25, 0.3) is 0 Å². The van der Waals surface area contributed by atoms with Crippen molar-refractivity contribution < 1.29 is 0 Å². The molecule has 1 saturated heterocycles. The Kier molecular flexibility index (Phi) is 4.65. The average Bonchev–Trinajstić information content (AvgIpc) is 2.45. The van der Waals surface area contributed by atoms with Crippen LogP contribution in [0, 0.1) is 5.92 Å². The molecular formula is C14H26N6. The summed E-state index contributed by atoms with van der Waals surface area (Å²) in [6.45, 7) is 4.37. The van der Waals surface area contributed by atoms with Crippen LogP contribution in [0.3, 0.4) is 0 Å². The fraction of sp³-hybridized carbons (Fsp3) is 0.714. The van der Waals surface area contributed by atoms with E-state index in [1.165, 1.54) is 12.8 Å². The number of nitrogens with one attached hydrogen (secondary N) is 1. The lowest BCUT2D eigenvalue weighted by Crippen LogP contribution is -2.41. The zero-order valence-corrected chi connectivity index (χ0v) is 12.9. The standard InChI is InChI=1S/C14H26N6/c1-10(19(3)4)11-5-7-20(8-6-11)13-9-12(16-2)17-14(15)18-13/h9-11H,5-8H2,1-4H3,(H3,15,16,17,18). The summed E-state index contributed by atoms with van der Waals surface area (Å²) in [6.07, 6.45) is 2.39. The van der Waals surface area contributed by atoms with Crippen molar-refractivity contribution in [2.45, 2.75) is 25.8 Å². The molecule has 1 atom stereocenters. The van der Waals surface area contributed by atoms with Gasteiger partial charge in [-0.05, 0) is 39.8 Å². The van der Waals surface area contributed by atoms with Crippen molar-refractivity contribution in [1.82, 2.24) is 14.9 Å². The van der Waals surface area contributed by atoms with Gasteiger partial charge < -0.3 is 20.9 Å². The third-order valence-electron chi connectivity index (χ3n) is 4.35. The molecule has 6 nitrogen and oxygen atoms in total. The van der Waals surface area contributed by atoms with E-state index >= 15 is 0 Å². The third-order valence-corrected chi connectivity index (χ3v) is 4.35. The van der Waals surface area contributed by atoms with Crippen molar-refractivity contribution in [3.05, 3.63) is 6.07 Å². The summed E-state index contributed by atoms with van der Waals surface area (Å²) < 4.78 is 0. The van der Waals surface area contributed by atoms with E-state index in [9.17, 15) is 0 Å². The molecule has 1 aliphatic rings. The van der Waals surface area contributed by atoms with Crippen LogP contribution < -0.4 is 16.0 Å². The van der Waals surface area contributed by atoms with Crippen molar-refractivity contribution in [2.75, 3.05) is 50.2 Å². The van der Waals surface area contributed by atoms with E-state index < -0.39 is 0 Å². The monoisotopic (exact) mass is 278 g/mol. The molecule has 0 spiro atoms. The molecule has 0 radical (unpaired) electrons. The van der Waals surface area contributed by atoms with Crippen molar-refractivity contribution in [3.8, 4) is 0 Å². The molecule has 2 heterocycles. The van der Waals surface area contributed by atoms with E-state index in [0.717, 1.165) is 30.6 Å². The van der Waals surface area contributed by atoms with Crippen molar-refractivity contribution >= 4 is 17.6 Å². The highest BCUT2D eigenvalue weighted by molar-refractivity contribution is 5.52. The highest BCUT2D eigenvalue weighted by Crippen LogP contribution is 2.26. The van der Waals surface area contributed by atoms with Gasteiger partial charge in [0.15, 0.2) is 0 Å². The molecule has 1 aromatic heterocycles. The van der Waals surface area contributed by atoms with Crippen LogP contribution in [-0.2, 0) is 0 Å². The summed E-state index contributed by atoms with van der Waals surface area (Å²) in [5.74, 6) is 2.79. The smallest absolute Gasteiger partial charge is 0.223 e. The molecule has 1 aromatic rings. The Morgan fingerprint density at radius 2 is 2.00 bits per heavy atom. The first kappa shape index (κ1) is 14.8. The minimum absolute atomic E-state index is 0.329. The fourth-order valence-electron chi connectivity index (χ4n) is 2.78. The highest BCUT2D eigenvalue weighted by Gasteiger charge is 2.25. The summed E-state index contributed by atoms with van der Waals surface area (Å²) in [5.41, 5.74) is 5.76. The second-order valence-electron chi connectivity index (χ2n) is 5.75. The third kappa shape index (κ3) is 3.30. The molecule has 0 bridgehead atoms. The van der Waals surface area contributed by atoms with Gasteiger partial charge in [0.1, 0.15) is 11.6 Å². The lowest BCUT2D eigenvalue weighted by Gasteiger charge is -2.37. The average molecular weight is 278 g/mol. The Morgan fingerprint density at radius 1 is 1.35 bits per heavy atom. The second-order valence-corrected chi connectivity index (χ2v) is 5.75. The van der Waals surface area contributed by atoms with Crippen LogP contribution in [-0.4, -0.2) is 55.1 Å². The topological polar surface area (TPSA) is 70.3 Å². The van der Waals surface area contributed by atoms with Gasteiger partial charge in [-0.25, -0.2) is 0 Å². The first-order valence-corrected chi connectivity index (χ1v) is 7.25. The predicted molar refractivity (Wildman–Crippen MR) is 84.1 cm³/mol. The molecule has 20 heavy (non-hydrogen) atoms. The van der Waals surface area contributed by atoms with Gasteiger partial charge in [0, 0.05) is 32.2 Å². The lowest BCUT2D eigenvalue weighted by atomic mass is 9.90. The van der Waals surface area contributed by atoms with Gasteiger partial charge in [-0.1, -0.05) is 0 Å². The maximum atomic E-state index is 5.76. The van der Waals surface area contributed by atoms with E-state index in [-0.39, 0.29) is 0 Å². The van der Waals surface area contributed by atoms with Crippen LogP contribution >= 0.6 is 0 Å². The van der Waals surface area contributed by atoms with Crippen molar-refractivity contribution in [3.63, 3.8) is 0 Å². The molecular weight excluding hydrogens is 252 g/mol. The van der Waals surface area contributed by atoms with E-state index in [4.69, 9.17) is 5.73 Å². The summed E-state index contributed by atoms with van der Waals surface area (Å²) in [7, 11) is 6.15. The quantitative estimate of drug-likeness (QED) is 0.864. The Hall–Kier alpha value is -1.56. The first-order chi connectivity index (χ1) is 9.51. The Balaban J connectivity index is 2.02. The second kappa shape index (κ2) is 6.26. The van der Waals surface area contributed by atoms with Crippen LogP contribution in [0.1, 0.15) is 19.8 Å². The summed E-state index contributed by atoms with van der Waals surface area (Å²) in [4.78, 5) is 13.1. The van der Waals surface area contributed by atoms with E-state index in [1.807, 2.05) is 13.1 Å². The molecule has 3 N–H and O–H groups in total. The SMILES string of the molecule is CNc1cc(N2CCC(C(C)N(C)C)CC2)nc(N)n1. The largest absolute Gasteiger partial charge is 0.373 e. The summed E-state index contributed by atoms with van der Waals surface area (Å²) >= 11 is 0. The zero-order chi connectivity index (χ0) is 14.7. The Bertz CT molecular complexity index is 439. The van der Waals surface area contributed by atoms with E-state index in [2.05, 4.69) is 46.1 Å². The highest BCUT2D eigenvalue weighted by atomic mass is 15.2. The number of rotatable bonds is 4. The van der Waals surface area contributed by atoms with E-state index in [0.29, 0.717) is 12.0 Å². The first-order valence-electron chi connectivity index (χ1n) is 7.25. The number of hydrogen-bond acceptors (Lipinski definition) is 6. The normalized spacial score (nSPS) is 18.4. The number of nitrogens with zero attached hydrogens (tertiary/aromatic N) is 4. The number of aromatic nitrogens is 2. The maximum absolute atomic E-state index is 5.76. The van der Waals surface area contributed by atoms with Gasteiger partial charge in [0.2, 0.25) is 5.95 Å². The van der Waals surface area contributed by atoms with Gasteiger partial charge in [0.05, 0.1) is 0 Å². The molecule has 1 aliphatic heterocycles. The minimum Gasteiger partial charge on any atom is -0.373 e. The Labute approximate surface area is 121 Å². The van der Waals surface area contributed by atoms with Crippen LogP contribution in [0.5, 0.6) is 0 Å². The summed E-state index contributed by atoms with van der Waals surface area (Å²) in [5, 5.41) is 3.02. The molecule has 1 fully saturated rings. The molecule has 0 aliphatic carbocycles. The summed E-state index contributed by atoms with van der Waals surface area (Å²) in [6, 6.07) is 2.59. The fourth-order valence-corrected chi connectivity index (χ4v) is 2.78. The molecule has 0 amide bonds. The molecule has 112 valence electrons. The molecule has 0 aromatic carbocycles. The van der Waals surface area contributed by atoms with Crippen LogP contribution in [0.2, 0.25) is 0 Å². The number of nitrogen functional groups attached to an aromatic ring is 1. The lowest BCUT2D eigenvalue weighted by molar-refractivity contribution is 0.199. The van der Waals surface area contributed by atoms with Crippen LogP contribution in [0.15, 0.2) is 6.07 Å². The zero-order valence-electron chi connectivity index (χ0n) is 12.9. The number of nitrogens with two attached hydrogens (primary N) is 1. The van der Waals surface area contributed by atoms with Gasteiger partial charge in [-0.3, -0.25) is 0 Å². The number of hydrogen-bond donors (Lipinski definition) is 2. The number of piperidine rings is 1. The Morgan fingerprint density at radius 3 is 2.55 bits per heavy atom. The van der Waals surface area contributed by atoms with Crippen LogP contribution in [0.4, 0.5) is 17.6 Å². The molecule has 1 unspecified atom stereocenters. The van der Waals surface area contributed by atoms with Crippen LogP contribution in [0.25, 0.3) is 0 Å². The van der Waals surface area contributed by atoms with Gasteiger partial charge in [-0.15, -0.1) is 0 Å². The molecule has 2 rings (SSSR count). The van der Waals surface area contributed by atoms with Gasteiger partial charge >= 0.3 is 0 Å².